The van der Waals surface area contributed by atoms with Crippen molar-refractivity contribution in [1.29, 1.82) is 0 Å². The number of carbonyl (C=O) groups is 1. The van der Waals surface area contributed by atoms with Gasteiger partial charge in [0.15, 0.2) is 0 Å². The molecule has 0 spiro atoms. The minimum absolute atomic E-state index is 0.0562. The van der Waals surface area contributed by atoms with Gasteiger partial charge in [0.05, 0.1) is 4.92 Å². The Morgan fingerprint density at radius 2 is 2.33 bits per heavy atom. The number of nitrogens with zero attached hydrogens (tertiary/aromatic N) is 4. The van der Waals surface area contributed by atoms with Crippen LogP contribution in [0.5, 0.6) is 0 Å². The zero-order chi connectivity index (χ0) is 13.1. The Bertz CT molecular complexity index is 587. The fraction of sp³-hybridized carbons (Fsp3) is 0.250. The van der Waals surface area contributed by atoms with Gasteiger partial charge in [-0.25, -0.2) is 0 Å². The molecule has 0 bridgehead atoms. The molecule has 0 aliphatic rings. The average molecular weight is 251 g/mol. The lowest BCUT2D eigenvalue weighted by atomic mass is 10.3. The molecule has 0 atom stereocenters. The SMILES string of the molecule is CCc1nc(NC(=O)c2[nH]ncc2[N+](=O)[O-])n[nH]1. The summed E-state index contributed by atoms with van der Waals surface area (Å²) in [5.41, 5.74) is -0.651. The number of nitro groups is 1. The molecular weight excluding hydrogens is 242 g/mol. The van der Waals surface area contributed by atoms with Crippen molar-refractivity contribution in [2.75, 3.05) is 5.32 Å². The highest BCUT2D eigenvalue weighted by Crippen LogP contribution is 2.15. The lowest BCUT2D eigenvalue weighted by molar-refractivity contribution is -0.385. The fourth-order valence-electron chi connectivity index (χ4n) is 1.26. The molecule has 0 aliphatic carbocycles. The van der Waals surface area contributed by atoms with E-state index in [9.17, 15) is 14.9 Å². The molecule has 2 heterocycles. The largest absolute Gasteiger partial charge is 0.319 e. The summed E-state index contributed by atoms with van der Waals surface area (Å²) in [5.74, 6) is -0.0639. The van der Waals surface area contributed by atoms with Gasteiger partial charge in [-0.3, -0.25) is 30.4 Å². The molecule has 18 heavy (non-hydrogen) atoms. The molecule has 0 fully saturated rings. The molecule has 10 nitrogen and oxygen atoms in total. The highest BCUT2D eigenvalue weighted by Gasteiger charge is 2.23. The van der Waals surface area contributed by atoms with E-state index in [1.807, 2.05) is 6.92 Å². The number of hydrogen-bond donors (Lipinski definition) is 3. The minimum Gasteiger partial charge on any atom is -0.288 e. The van der Waals surface area contributed by atoms with Crippen LogP contribution in [0.2, 0.25) is 0 Å². The van der Waals surface area contributed by atoms with E-state index in [1.54, 1.807) is 0 Å². The lowest BCUT2D eigenvalue weighted by Gasteiger charge is -1.96. The van der Waals surface area contributed by atoms with Gasteiger partial charge in [-0.15, -0.1) is 5.10 Å². The first kappa shape index (κ1) is 11.7. The van der Waals surface area contributed by atoms with Gasteiger partial charge in [-0.05, 0) is 0 Å². The van der Waals surface area contributed by atoms with Crippen LogP contribution in [0.1, 0.15) is 23.2 Å². The van der Waals surface area contributed by atoms with Gasteiger partial charge in [-0.2, -0.15) is 10.1 Å². The summed E-state index contributed by atoms with van der Waals surface area (Å²) in [6, 6.07) is 0. The van der Waals surface area contributed by atoms with Gasteiger partial charge in [0.1, 0.15) is 12.0 Å². The van der Waals surface area contributed by atoms with Crippen molar-refractivity contribution in [1.82, 2.24) is 25.4 Å². The van der Waals surface area contributed by atoms with Crippen LogP contribution in [0.3, 0.4) is 0 Å². The van der Waals surface area contributed by atoms with E-state index in [-0.39, 0.29) is 11.6 Å². The van der Waals surface area contributed by atoms with Crippen LogP contribution in [-0.2, 0) is 6.42 Å². The molecule has 1 amide bonds. The maximum Gasteiger partial charge on any atom is 0.319 e. The van der Waals surface area contributed by atoms with Gasteiger partial charge < -0.3 is 0 Å². The molecule has 2 aromatic heterocycles. The molecule has 2 aromatic rings. The number of amides is 1. The van der Waals surface area contributed by atoms with Crippen LogP contribution in [0.25, 0.3) is 0 Å². The number of anilines is 1. The number of aryl methyl sites for hydroxylation is 1. The first-order valence-corrected chi connectivity index (χ1v) is 5.02. The molecule has 10 heteroatoms. The van der Waals surface area contributed by atoms with Crippen LogP contribution >= 0.6 is 0 Å². The van der Waals surface area contributed by atoms with Crippen LogP contribution in [0.4, 0.5) is 11.6 Å². The van der Waals surface area contributed by atoms with E-state index in [4.69, 9.17) is 0 Å². The Labute approximate surface area is 100.0 Å². The predicted octanol–water partition coefficient (Wildman–Crippen LogP) is 0.251. The van der Waals surface area contributed by atoms with E-state index < -0.39 is 16.5 Å². The Kier molecular flexibility index (Phi) is 3.00. The monoisotopic (exact) mass is 251 g/mol. The van der Waals surface area contributed by atoms with Crippen LogP contribution in [0.15, 0.2) is 6.20 Å². The molecule has 2 rings (SSSR count). The third-order valence-corrected chi connectivity index (χ3v) is 2.14. The molecule has 0 aliphatic heterocycles. The number of carbonyl (C=O) groups excluding carboxylic acids is 1. The lowest BCUT2D eigenvalue weighted by Crippen LogP contribution is -2.15. The van der Waals surface area contributed by atoms with Crippen LogP contribution in [-0.4, -0.2) is 36.2 Å². The standard InChI is InChI=1S/C8H9N7O3/c1-2-5-10-8(14-12-5)11-7(16)6-4(15(17)18)3-9-13-6/h3H,2H2,1H3,(H,9,13)(H2,10,11,12,14,16). The minimum atomic E-state index is -0.721. The van der Waals surface area contributed by atoms with Crippen molar-refractivity contribution in [2.45, 2.75) is 13.3 Å². The predicted molar refractivity (Wildman–Crippen MR) is 59.0 cm³/mol. The van der Waals surface area contributed by atoms with Crippen molar-refractivity contribution >= 4 is 17.5 Å². The Morgan fingerprint density at radius 1 is 1.56 bits per heavy atom. The van der Waals surface area contributed by atoms with E-state index in [0.29, 0.717) is 12.2 Å². The first-order chi connectivity index (χ1) is 8.61. The Balaban J connectivity index is 2.16. The Hall–Kier alpha value is -2.78. The van der Waals surface area contributed by atoms with Gasteiger partial charge in [0.2, 0.25) is 11.6 Å². The highest BCUT2D eigenvalue weighted by atomic mass is 16.6. The molecule has 0 saturated carbocycles. The number of rotatable bonds is 4. The number of nitrogens with one attached hydrogen (secondary N) is 3. The van der Waals surface area contributed by atoms with Crippen molar-refractivity contribution in [3.05, 3.63) is 27.8 Å². The van der Waals surface area contributed by atoms with Gasteiger partial charge >= 0.3 is 5.69 Å². The van der Waals surface area contributed by atoms with E-state index in [2.05, 4.69) is 30.7 Å². The van der Waals surface area contributed by atoms with E-state index >= 15 is 0 Å². The fourth-order valence-corrected chi connectivity index (χ4v) is 1.26. The number of aromatic nitrogens is 5. The quantitative estimate of drug-likeness (QED) is 0.525. The second kappa shape index (κ2) is 4.61. The van der Waals surface area contributed by atoms with Crippen LogP contribution in [0, 0.1) is 10.1 Å². The number of hydrogen-bond acceptors (Lipinski definition) is 6. The third-order valence-electron chi connectivity index (χ3n) is 2.14. The van der Waals surface area contributed by atoms with E-state index in [0.717, 1.165) is 6.20 Å². The van der Waals surface area contributed by atoms with Gasteiger partial charge in [0, 0.05) is 6.42 Å². The van der Waals surface area contributed by atoms with Gasteiger partial charge in [0.25, 0.3) is 5.91 Å². The molecule has 0 radical (unpaired) electrons. The number of H-pyrrole nitrogens is 2. The van der Waals surface area contributed by atoms with Crippen molar-refractivity contribution < 1.29 is 9.72 Å². The topological polar surface area (TPSA) is 142 Å². The number of aromatic amines is 2. The molecule has 3 N–H and O–H groups in total. The van der Waals surface area contributed by atoms with Gasteiger partial charge in [-0.1, -0.05) is 6.92 Å². The highest BCUT2D eigenvalue weighted by molar-refractivity contribution is 6.04. The molecule has 94 valence electrons. The molecular formula is C8H9N7O3. The molecule has 0 aromatic carbocycles. The smallest absolute Gasteiger partial charge is 0.288 e. The van der Waals surface area contributed by atoms with Crippen LogP contribution < -0.4 is 5.32 Å². The average Bonchev–Trinajstić information content (AvgIpc) is 2.96. The van der Waals surface area contributed by atoms with Crippen molar-refractivity contribution in [3.8, 4) is 0 Å². The second-order valence-corrected chi connectivity index (χ2v) is 3.30. The molecule has 0 saturated heterocycles. The summed E-state index contributed by atoms with van der Waals surface area (Å²) >= 11 is 0. The summed E-state index contributed by atoms with van der Waals surface area (Å²) in [4.78, 5) is 25.6. The van der Waals surface area contributed by atoms with Crippen molar-refractivity contribution in [3.63, 3.8) is 0 Å². The Morgan fingerprint density at radius 3 is 2.94 bits per heavy atom. The normalized spacial score (nSPS) is 10.3. The third kappa shape index (κ3) is 2.16. The summed E-state index contributed by atoms with van der Waals surface area (Å²) in [5, 5.41) is 25.0. The zero-order valence-corrected chi connectivity index (χ0v) is 9.30. The summed E-state index contributed by atoms with van der Waals surface area (Å²) in [6.45, 7) is 1.87. The van der Waals surface area contributed by atoms with Crippen molar-refractivity contribution in [2.24, 2.45) is 0 Å². The summed E-state index contributed by atoms with van der Waals surface area (Å²) < 4.78 is 0. The molecule has 0 unspecified atom stereocenters. The van der Waals surface area contributed by atoms with E-state index in [1.165, 1.54) is 0 Å². The summed E-state index contributed by atoms with van der Waals surface area (Å²) in [7, 11) is 0. The zero-order valence-electron chi connectivity index (χ0n) is 9.30. The first-order valence-electron chi connectivity index (χ1n) is 5.02. The summed E-state index contributed by atoms with van der Waals surface area (Å²) in [6.07, 6.45) is 1.59. The maximum atomic E-state index is 11.7. The maximum absolute atomic E-state index is 11.7. The second-order valence-electron chi connectivity index (χ2n) is 3.30.